The van der Waals surface area contributed by atoms with Crippen molar-refractivity contribution in [1.82, 2.24) is 4.90 Å². The summed E-state index contributed by atoms with van der Waals surface area (Å²) in [6, 6.07) is 3.73. The van der Waals surface area contributed by atoms with Crippen LogP contribution in [0.3, 0.4) is 0 Å². The van der Waals surface area contributed by atoms with Crippen molar-refractivity contribution in [2.75, 3.05) is 13.7 Å². The van der Waals surface area contributed by atoms with E-state index in [-0.39, 0.29) is 6.54 Å². The fourth-order valence-corrected chi connectivity index (χ4v) is 0.744. The Morgan fingerprint density at radius 2 is 2.21 bits per heavy atom. The van der Waals surface area contributed by atoms with Gasteiger partial charge in [-0.3, -0.25) is 4.90 Å². The van der Waals surface area contributed by atoms with Gasteiger partial charge in [0.25, 0.3) is 0 Å². The summed E-state index contributed by atoms with van der Waals surface area (Å²) in [4.78, 5) is 12.1. The molecular weight excluding hydrogens is 182 g/mol. The van der Waals surface area contributed by atoms with Crippen LogP contribution in [-0.4, -0.2) is 24.6 Å². The van der Waals surface area contributed by atoms with Crippen LogP contribution >= 0.6 is 0 Å². The highest BCUT2D eigenvalue weighted by molar-refractivity contribution is 5.69. The Morgan fingerprint density at radius 3 is 2.57 bits per heavy atom. The summed E-state index contributed by atoms with van der Waals surface area (Å²) < 4.78 is 4.44. The minimum Gasteiger partial charge on any atom is -0.452 e. The van der Waals surface area contributed by atoms with E-state index in [2.05, 4.69) is 4.74 Å². The van der Waals surface area contributed by atoms with Crippen LogP contribution < -0.4 is 0 Å². The van der Waals surface area contributed by atoms with Crippen molar-refractivity contribution in [2.24, 2.45) is 0 Å². The first-order valence-electron chi connectivity index (χ1n) is 4.01. The Morgan fingerprint density at radius 1 is 1.57 bits per heavy atom. The van der Waals surface area contributed by atoms with E-state index in [1.54, 1.807) is 6.92 Å². The van der Waals surface area contributed by atoms with Crippen LogP contribution in [0.25, 0.3) is 0 Å². The molecule has 0 radical (unpaired) electrons. The van der Waals surface area contributed by atoms with Gasteiger partial charge in [0, 0.05) is 11.8 Å². The number of nitriles is 2. The van der Waals surface area contributed by atoms with Crippen molar-refractivity contribution in [2.45, 2.75) is 13.3 Å². The van der Waals surface area contributed by atoms with Crippen molar-refractivity contribution < 1.29 is 9.53 Å². The normalized spacial score (nSPS) is 9.86. The van der Waals surface area contributed by atoms with Gasteiger partial charge in [-0.25, -0.2) is 4.79 Å². The number of allylic oxidation sites excluding steroid dienone is 1. The number of ether oxygens (including phenoxy) is 1. The lowest BCUT2D eigenvalue weighted by molar-refractivity contribution is 0.143. The highest BCUT2D eigenvalue weighted by atomic mass is 16.5. The molecule has 0 spiro atoms. The maximum absolute atomic E-state index is 11.1. The number of carbonyl (C=O) groups is 1. The minimum atomic E-state index is -0.646. The van der Waals surface area contributed by atoms with Crippen LogP contribution in [0.15, 0.2) is 11.8 Å². The third-order valence-electron chi connectivity index (χ3n) is 1.49. The van der Waals surface area contributed by atoms with Crippen LogP contribution in [0.1, 0.15) is 13.3 Å². The predicted molar refractivity (Wildman–Crippen MR) is 48.7 cm³/mol. The molecule has 0 unspecified atom stereocenters. The zero-order chi connectivity index (χ0) is 11.0. The molecule has 0 aromatic rings. The Kier molecular flexibility index (Phi) is 5.57. The molecule has 0 aliphatic heterocycles. The van der Waals surface area contributed by atoms with Crippen molar-refractivity contribution >= 4 is 6.09 Å². The summed E-state index contributed by atoms with van der Waals surface area (Å²) in [5.74, 6) is 0. The SMILES string of the molecule is CCC(C#N)=CN(CC#N)C(=O)OC. The lowest BCUT2D eigenvalue weighted by atomic mass is 10.2. The lowest BCUT2D eigenvalue weighted by Crippen LogP contribution is -2.26. The van der Waals surface area contributed by atoms with Gasteiger partial charge in [-0.2, -0.15) is 10.5 Å². The van der Waals surface area contributed by atoms with E-state index in [4.69, 9.17) is 10.5 Å². The van der Waals surface area contributed by atoms with Gasteiger partial charge >= 0.3 is 6.09 Å². The first-order valence-corrected chi connectivity index (χ1v) is 4.01. The zero-order valence-electron chi connectivity index (χ0n) is 8.15. The largest absolute Gasteiger partial charge is 0.452 e. The van der Waals surface area contributed by atoms with Crippen molar-refractivity contribution in [3.8, 4) is 12.1 Å². The molecule has 0 aromatic carbocycles. The number of rotatable bonds is 3. The fourth-order valence-electron chi connectivity index (χ4n) is 0.744. The number of amides is 1. The number of nitrogens with zero attached hydrogens (tertiary/aromatic N) is 3. The summed E-state index contributed by atoms with van der Waals surface area (Å²) in [6.45, 7) is 1.66. The first kappa shape index (κ1) is 12.0. The highest BCUT2D eigenvalue weighted by Crippen LogP contribution is 2.03. The molecule has 1 amide bonds. The molecule has 0 heterocycles. The third kappa shape index (κ3) is 3.59. The van der Waals surface area contributed by atoms with E-state index in [0.717, 1.165) is 4.90 Å². The van der Waals surface area contributed by atoms with Crippen LogP contribution in [0.4, 0.5) is 4.79 Å². The van der Waals surface area contributed by atoms with Crippen LogP contribution in [0.2, 0.25) is 0 Å². The second kappa shape index (κ2) is 6.50. The zero-order valence-corrected chi connectivity index (χ0v) is 8.15. The van der Waals surface area contributed by atoms with E-state index in [1.165, 1.54) is 13.3 Å². The molecule has 0 aromatic heterocycles. The smallest absolute Gasteiger partial charge is 0.414 e. The van der Waals surface area contributed by atoms with Crippen LogP contribution in [0.5, 0.6) is 0 Å². The van der Waals surface area contributed by atoms with E-state index in [1.807, 2.05) is 12.1 Å². The van der Waals surface area contributed by atoms with E-state index < -0.39 is 6.09 Å². The van der Waals surface area contributed by atoms with Crippen molar-refractivity contribution in [3.05, 3.63) is 11.8 Å². The van der Waals surface area contributed by atoms with Gasteiger partial charge in [0.1, 0.15) is 6.54 Å². The monoisotopic (exact) mass is 193 g/mol. The maximum Gasteiger partial charge on any atom is 0.414 e. The maximum atomic E-state index is 11.1. The standard InChI is InChI=1S/C9H11N3O2/c1-3-8(6-11)7-12(5-4-10)9(13)14-2/h7H,3,5H2,1-2H3. The molecule has 5 heteroatoms. The topological polar surface area (TPSA) is 77.1 Å². The summed E-state index contributed by atoms with van der Waals surface area (Å²) >= 11 is 0. The van der Waals surface area contributed by atoms with E-state index in [9.17, 15) is 4.79 Å². The van der Waals surface area contributed by atoms with Gasteiger partial charge in [-0.1, -0.05) is 6.92 Å². The van der Waals surface area contributed by atoms with Crippen molar-refractivity contribution in [3.63, 3.8) is 0 Å². The number of hydrogen-bond donors (Lipinski definition) is 0. The van der Waals surface area contributed by atoms with E-state index in [0.29, 0.717) is 12.0 Å². The van der Waals surface area contributed by atoms with Gasteiger partial charge < -0.3 is 4.74 Å². The molecule has 0 aliphatic rings. The first-order chi connectivity index (χ1) is 6.69. The van der Waals surface area contributed by atoms with Gasteiger partial charge in [0.2, 0.25) is 0 Å². The molecule has 0 fully saturated rings. The quantitative estimate of drug-likeness (QED) is 0.501. The molecule has 0 N–H and O–H groups in total. The molecule has 0 aliphatic carbocycles. The Bertz CT molecular complexity index is 309. The average Bonchev–Trinajstić information content (AvgIpc) is 2.23. The highest BCUT2D eigenvalue weighted by Gasteiger charge is 2.10. The number of hydrogen-bond acceptors (Lipinski definition) is 4. The molecule has 5 nitrogen and oxygen atoms in total. The van der Waals surface area contributed by atoms with E-state index >= 15 is 0 Å². The number of methoxy groups -OCH3 is 1. The third-order valence-corrected chi connectivity index (χ3v) is 1.49. The molecule has 14 heavy (non-hydrogen) atoms. The minimum absolute atomic E-state index is 0.127. The van der Waals surface area contributed by atoms with Gasteiger partial charge in [0.15, 0.2) is 0 Å². The molecule has 0 saturated carbocycles. The molecular formula is C9H11N3O2. The molecule has 0 rings (SSSR count). The summed E-state index contributed by atoms with van der Waals surface area (Å²) in [5.41, 5.74) is 0.422. The van der Waals surface area contributed by atoms with Crippen molar-refractivity contribution in [1.29, 1.82) is 10.5 Å². The second-order valence-corrected chi connectivity index (χ2v) is 2.38. The number of carbonyl (C=O) groups excluding carboxylic acids is 1. The fraction of sp³-hybridized carbons (Fsp3) is 0.444. The van der Waals surface area contributed by atoms with Crippen LogP contribution in [-0.2, 0) is 4.74 Å². The predicted octanol–water partition coefficient (Wildman–Crippen LogP) is 1.40. The molecule has 0 bridgehead atoms. The van der Waals surface area contributed by atoms with Crippen LogP contribution in [0, 0.1) is 22.7 Å². The average molecular weight is 193 g/mol. The molecule has 74 valence electrons. The van der Waals surface area contributed by atoms with Gasteiger partial charge in [-0.15, -0.1) is 0 Å². The molecule has 0 saturated heterocycles. The Hall–Kier alpha value is -2.01. The second-order valence-electron chi connectivity index (χ2n) is 2.38. The Labute approximate surface area is 82.8 Å². The Balaban J connectivity index is 4.69. The summed E-state index contributed by atoms with van der Waals surface area (Å²) in [7, 11) is 1.22. The lowest BCUT2D eigenvalue weighted by Gasteiger charge is -2.12. The summed E-state index contributed by atoms with van der Waals surface area (Å²) in [5, 5.41) is 17.0. The summed E-state index contributed by atoms with van der Waals surface area (Å²) in [6.07, 6.45) is 1.19. The van der Waals surface area contributed by atoms with Gasteiger partial charge in [-0.05, 0) is 6.42 Å². The molecule has 0 atom stereocenters. The van der Waals surface area contributed by atoms with Gasteiger partial charge in [0.05, 0.1) is 19.2 Å².